The van der Waals surface area contributed by atoms with Crippen LogP contribution in [-0.4, -0.2) is 13.2 Å². The van der Waals surface area contributed by atoms with Gasteiger partial charge in [0, 0.05) is 18.2 Å². The van der Waals surface area contributed by atoms with Crippen LogP contribution in [0.1, 0.15) is 44.1 Å². The van der Waals surface area contributed by atoms with Crippen molar-refractivity contribution >= 4 is 0 Å². The van der Waals surface area contributed by atoms with Gasteiger partial charge in [0.15, 0.2) is 0 Å². The standard InChI is InChI=1S/C15H23NO/c1-17-15-11-7-6-8-13(15)12-16-14-9-4-2-3-5-10-14/h6-8,11,14,16H,2-5,9-10,12H2,1H3. The van der Waals surface area contributed by atoms with Gasteiger partial charge in [-0.3, -0.25) is 0 Å². The molecule has 1 aliphatic carbocycles. The van der Waals surface area contributed by atoms with Crippen LogP contribution >= 0.6 is 0 Å². The van der Waals surface area contributed by atoms with Gasteiger partial charge in [0.05, 0.1) is 7.11 Å². The van der Waals surface area contributed by atoms with E-state index in [-0.39, 0.29) is 0 Å². The molecule has 0 spiro atoms. The molecule has 2 nitrogen and oxygen atoms in total. The van der Waals surface area contributed by atoms with Gasteiger partial charge in [-0.1, -0.05) is 43.9 Å². The molecule has 1 fully saturated rings. The highest BCUT2D eigenvalue weighted by atomic mass is 16.5. The summed E-state index contributed by atoms with van der Waals surface area (Å²) in [5.41, 5.74) is 1.26. The lowest BCUT2D eigenvalue weighted by molar-refractivity contribution is 0.401. The van der Waals surface area contributed by atoms with E-state index < -0.39 is 0 Å². The Morgan fingerprint density at radius 3 is 2.53 bits per heavy atom. The summed E-state index contributed by atoms with van der Waals surface area (Å²) >= 11 is 0. The van der Waals surface area contributed by atoms with Crippen molar-refractivity contribution in [1.29, 1.82) is 0 Å². The Labute approximate surface area is 104 Å². The first-order chi connectivity index (χ1) is 8.40. The van der Waals surface area contributed by atoms with Crippen LogP contribution < -0.4 is 10.1 Å². The van der Waals surface area contributed by atoms with E-state index in [1.165, 1.54) is 44.1 Å². The zero-order valence-electron chi connectivity index (χ0n) is 10.7. The van der Waals surface area contributed by atoms with Gasteiger partial charge < -0.3 is 10.1 Å². The van der Waals surface area contributed by atoms with Crippen LogP contribution in [0.2, 0.25) is 0 Å². The molecular formula is C15H23NO. The molecular weight excluding hydrogens is 210 g/mol. The first-order valence-corrected chi connectivity index (χ1v) is 6.75. The summed E-state index contributed by atoms with van der Waals surface area (Å²) in [7, 11) is 1.74. The molecule has 0 aliphatic heterocycles. The molecule has 0 amide bonds. The minimum absolute atomic E-state index is 0.697. The van der Waals surface area contributed by atoms with Gasteiger partial charge in [-0.15, -0.1) is 0 Å². The summed E-state index contributed by atoms with van der Waals surface area (Å²) < 4.78 is 5.37. The first-order valence-electron chi connectivity index (χ1n) is 6.75. The highest BCUT2D eigenvalue weighted by molar-refractivity contribution is 5.33. The second kappa shape index (κ2) is 6.65. The van der Waals surface area contributed by atoms with E-state index in [1.807, 2.05) is 12.1 Å². The van der Waals surface area contributed by atoms with Crippen molar-refractivity contribution in [3.05, 3.63) is 29.8 Å². The van der Waals surface area contributed by atoms with Gasteiger partial charge in [-0.05, 0) is 18.9 Å². The number of methoxy groups -OCH3 is 1. The van der Waals surface area contributed by atoms with Crippen LogP contribution in [0.5, 0.6) is 5.75 Å². The third kappa shape index (κ3) is 3.74. The second-order valence-corrected chi connectivity index (χ2v) is 4.88. The van der Waals surface area contributed by atoms with Crippen molar-refractivity contribution in [1.82, 2.24) is 5.32 Å². The fraction of sp³-hybridized carbons (Fsp3) is 0.600. The third-order valence-corrected chi connectivity index (χ3v) is 3.63. The van der Waals surface area contributed by atoms with E-state index in [2.05, 4.69) is 17.4 Å². The molecule has 1 aliphatic rings. The Morgan fingerprint density at radius 2 is 1.82 bits per heavy atom. The predicted octanol–water partition coefficient (Wildman–Crippen LogP) is 3.51. The fourth-order valence-corrected chi connectivity index (χ4v) is 2.59. The molecule has 17 heavy (non-hydrogen) atoms. The molecule has 0 atom stereocenters. The van der Waals surface area contributed by atoms with Crippen molar-refractivity contribution in [2.45, 2.75) is 51.1 Å². The van der Waals surface area contributed by atoms with Gasteiger partial charge in [0.2, 0.25) is 0 Å². The molecule has 0 bridgehead atoms. The molecule has 0 aromatic heterocycles. The van der Waals surface area contributed by atoms with Crippen LogP contribution in [0.4, 0.5) is 0 Å². The van der Waals surface area contributed by atoms with E-state index >= 15 is 0 Å². The van der Waals surface area contributed by atoms with Crippen LogP contribution in [0.15, 0.2) is 24.3 Å². The SMILES string of the molecule is COc1ccccc1CNC1CCCCCC1. The maximum absolute atomic E-state index is 5.37. The lowest BCUT2D eigenvalue weighted by Crippen LogP contribution is -2.28. The van der Waals surface area contributed by atoms with Crippen molar-refractivity contribution in [2.24, 2.45) is 0 Å². The highest BCUT2D eigenvalue weighted by Crippen LogP contribution is 2.20. The summed E-state index contributed by atoms with van der Waals surface area (Å²) in [6.45, 7) is 0.925. The topological polar surface area (TPSA) is 21.3 Å². The van der Waals surface area contributed by atoms with Crippen molar-refractivity contribution in [3.63, 3.8) is 0 Å². The van der Waals surface area contributed by atoms with Gasteiger partial charge in [-0.25, -0.2) is 0 Å². The van der Waals surface area contributed by atoms with E-state index in [0.717, 1.165) is 12.3 Å². The van der Waals surface area contributed by atoms with Gasteiger partial charge in [-0.2, -0.15) is 0 Å². The Bertz CT molecular complexity index is 329. The predicted molar refractivity (Wildman–Crippen MR) is 71.3 cm³/mol. The van der Waals surface area contributed by atoms with Gasteiger partial charge >= 0.3 is 0 Å². The minimum atomic E-state index is 0.697. The first kappa shape index (κ1) is 12.4. The Hall–Kier alpha value is -1.02. The zero-order valence-corrected chi connectivity index (χ0v) is 10.7. The molecule has 1 aromatic rings. The molecule has 1 N–H and O–H groups in total. The summed E-state index contributed by atoms with van der Waals surface area (Å²) in [4.78, 5) is 0. The fourth-order valence-electron chi connectivity index (χ4n) is 2.59. The normalized spacial score (nSPS) is 17.7. The quantitative estimate of drug-likeness (QED) is 0.804. The third-order valence-electron chi connectivity index (χ3n) is 3.63. The molecule has 2 heteroatoms. The molecule has 0 heterocycles. The maximum Gasteiger partial charge on any atom is 0.123 e. The number of para-hydroxylation sites is 1. The van der Waals surface area contributed by atoms with Crippen LogP contribution in [-0.2, 0) is 6.54 Å². The Morgan fingerprint density at radius 1 is 1.12 bits per heavy atom. The average molecular weight is 233 g/mol. The average Bonchev–Trinajstić information content (AvgIpc) is 2.65. The highest BCUT2D eigenvalue weighted by Gasteiger charge is 2.12. The number of hydrogen-bond donors (Lipinski definition) is 1. The van der Waals surface area contributed by atoms with Crippen molar-refractivity contribution in [3.8, 4) is 5.75 Å². The largest absolute Gasteiger partial charge is 0.496 e. The number of ether oxygens (including phenoxy) is 1. The van der Waals surface area contributed by atoms with Crippen molar-refractivity contribution < 1.29 is 4.74 Å². The van der Waals surface area contributed by atoms with Gasteiger partial charge in [0.25, 0.3) is 0 Å². The van der Waals surface area contributed by atoms with Crippen LogP contribution in [0.3, 0.4) is 0 Å². The van der Waals surface area contributed by atoms with Crippen LogP contribution in [0, 0.1) is 0 Å². The summed E-state index contributed by atoms with van der Waals surface area (Å²) in [5.74, 6) is 0.994. The Balaban J connectivity index is 1.87. The summed E-state index contributed by atoms with van der Waals surface area (Å²) in [6.07, 6.45) is 8.23. The second-order valence-electron chi connectivity index (χ2n) is 4.88. The number of benzene rings is 1. The van der Waals surface area contributed by atoms with E-state index in [4.69, 9.17) is 4.74 Å². The van der Waals surface area contributed by atoms with E-state index in [0.29, 0.717) is 6.04 Å². The molecule has 0 saturated heterocycles. The molecule has 0 unspecified atom stereocenters. The maximum atomic E-state index is 5.37. The molecule has 1 saturated carbocycles. The number of rotatable bonds is 4. The smallest absolute Gasteiger partial charge is 0.123 e. The van der Waals surface area contributed by atoms with Crippen molar-refractivity contribution in [2.75, 3.05) is 7.11 Å². The number of hydrogen-bond acceptors (Lipinski definition) is 2. The molecule has 2 rings (SSSR count). The summed E-state index contributed by atoms with van der Waals surface area (Å²) in [5, 5.41) is 3.67. The molecule has 0 radical (unpaired) electrons. The van der Waals surface area contributed by atoms with E-state index in [1.54, 1.807) is 7.11 Å². The van der Waals surface area contributed by atoms with Crippen LogP contribution in [0.25, 0.3) is 0 Å². The summed E-state index contributed by atoms with van der Waals surface area (Å²) in [6, 6.07) is 8.97. The monoisotopic (exact) mass is 233 g/mol. The Kier molecular flexibility index (Phi) is 4.87. The molecule has 1 aromatic carbocycles. The molecule has 94 valence electrons. The van der Waals surface area contributed by atoms with Gasteiger partial charge in [0.1, 0.15) is 5.75 Å². The lowest BCUT2D eigenvalue weighted by Gasteiger charge is -2.17. The zero-order chi connectivity index (χ0) is 11.9. The van der Waals surface area contributed by atoms with E-state index in [9.17, 15) is 0 Å². The lowest BCUT2D eigenvalue weighted by atomic mass is 10.1. The minimum Gasteiger partial charge on any atom is -0.496 e. The number of nitrogens with one attached hydrogen (secondary N) is 1.